The summed E-state index contributed by atoms with van der Waals surface area (Å²) in [5, 5.41) is 5.96. The molecule has 0 saturated carbocycles. The molecule has 0 bridgehead atoms. The number of rotatable bonds is 3. The van der Waals surface area contributed by atoms with Crippen molar-refractivity contribution in [3.05, 3.63) is 23.9 Å². The van der Waals surface area contributed by atoms with Gasteiger partial charge in [-0.1, -0.05) is 6.07 Å². The van der Waals surface area contributed by atoms with Crippen LogP contribution < -0.4 is 10.6 Å². The Morgan fingerprint density at radius 1 is 1.47 bits per heavy atom. The van der Waals surface area contributed by atoms with Gasteiger partial charge in [0.1, 0.15) is 11.5 Å². The molecular formula is C14H21N3O2. The van der Waals surface area contributed by atoms with Crippen LogP contribution in [0.5, 0.6) is 0 Å². The predicted molar refractivity (Wildman–Crippen MR) is 74.3 cm³/mol. The molecule has 1 fully saturated rings. The fourth-order valence-electron chi connectivity index (χ4n) is 2.31. The van der Waals surface area contributed by atoms with Crippen molar-refractivity contribution >= 4 is 11.7 Å². The van der Waals surface area contributed by atoms with Crippen LogP contribution in [0.25, 0.3) is 0 Å². The normalized spacial score (nSPS) is 21.7. The van der Waals surface area contributed by atoms with E-state index in [4.69, 9.17) is 4.74 Å². The first-order chi connectivity index (χ1) is 9.00. The molecule has 1 atom stereocenters. The molecule has 1 saturated heterocycles. The van der Waals surface area contributed by atoms with Crippen LogP contribution in [0.1, 0.15) is 37.2 Å². The minimum Gasteiger partial charge on any atom is -0.375 e. The summed E-state index contributed by atoms with van der Waals surface area (Å²) in [6.07, 6.45) is 1.67. The maximum Gasteiger partial charge on any atom is 0.270 e. The van der Waals surface area contributed by atoms with Gasteiger partial charge in [-0.3, -0.25) is 4.79 Å². The second-order valence-corrected chi connectivity index (χ2v) is 5.43. The molecule has 0 spiro atoms. The molecule has 5 heteroatoms. The summed E-state index contributed by atoms with van der Waals surface area (Å²) in [7, 11) is 1.78. The van der Waals surface area contributed by atoms with Crippen LogP contribution in [0.15, 0.2) is 18.2 Å². The second kappa shape index (κ2) is 5.57. The summed E-state index contributed by atoms with van der Waals surface area (Å²) >= 11 is 0. The highest BCUT2D eigenvalue weighted by atomic mass is 16.5. The molecule has 1 aliphatic rings. The molecular weight excluding hydrogens is 242 g/mol. The number of ether oxygens (including phenoxy) is 1. The van der Waals surface area contributed by atoms with Gasteiger partial charge in [0, 0.05) is 19.7 Å². The Bertz CT molecular complexity index is 460. The number of carbonyl (C=O) groups is 1. The molecule has 1 amide bonds. The van der Waals surface area contributed by atoms with E-state index in [2.05, 4.69) is 15.6 Å². The van der Waals surface area contributed by atoms with Gasteiger partial charge in [0.05, 0.1) is 5.60 Å². The standard InChI is InChI=1S/C14H21N3O2/c1-14(2)9-10(7-8-19-14)16-13(18)11-5-4-6-12(15-3)17-11/h4-6,10H,7-9H2,1-3H3,(H,15,17)(H,16,18). The fourth-order valence-corrected chi connectivity index (χ4v) is 2.31. The molecule has 104 valence electrons. The first-order valence-corrected chi connectivity index (χ1v) is 6.60. The monoisotopic (exact) mass is 263 g/mol. The van der Waals surface area contributed by atoms with Gasteiger partial charge in [-0.05, 0) is 38.8 Å². The Kier molecular flexibility index (Phi) is 4.04. The minimum atomic E-state index is -0.170. The third kappa shape index (κ3) is 3.67. The van der Waals surface area contributed by atoms with Crippen LogP contribution in [0.4, 0.5) is 5.82 Å². The lowest BCUT2D eigenvalue weighted by Gasteiger charge is -2.35. The van der Waals surface area contributed by atoms with Gasteiger partial charge in [0.25, 0.3) is 5.91 Å². The zero-order valence-electron chi connectivity index (χ0n) is 11.7. The minimum absolute atomic E-state index is 0.125. The van der Waals surface area contributed by atoms with Crippen molar-refractivity contribution in [1.29, 1.82) is 0 Å². The van der Waals surface area contributed by atoms with E-state index in [1.54, 1.807) is 13.1 Å². The third-order valence-electron chi connectivity index (χ3n) is 3.27. The highest BCUT2D eigenvalue weighted by Crippen LogP contribution is 2.24. The van der Waals surface area contributed by atoms with Crippen molar-refractivity contribution in [2.24, 2.45) is 0 Å². The van der Waals surface area contributed by atoms with Gasteiger partial charge in [-0.25, -0.2) is 4.98 Å². The Hall–Kier alpha value is -1.62. The summed E-state index contributed by atoms with van der Waals surface area (Å²) in [5.74, 6) is 0.569. The average Bonchev–Trinajstić information content (AvgIpc) is 2.37. The number of anilines is 1. The van der Waals surface area contributed by atoms with E-state index in [9.17, 15) is 4.79 Å². The van der Waals surface area contributed by atoms with Gasteiger partial charge in [-0.15, -0.1) is 0 Å². The van der Waals surface area contributed by atoms with Gasteiger partial charge in [0.2, 0.25) is 0 Å². The highest BCUT2D eigenvalue weighted by Gasteiger charge is 2.29. The van der Waals surface area contributed by atoms with Crippen molar-refractivity contribution in [1.82, 2.24) is 10.3 Å². The lowest BCUT2D eigenvalue weighted by atomic mass is 9.94. The maximum atomic E-state index is 12.1. The number of hydrogen-bond donors (Lipinski definition) is 2. The second-order valence-electron chi connectivity index (χ2n) is 5.43. The van der Waals surface area contributed by atoms with E-state index >= 15 is 0 Å². The molecule has 1 aromatic rings. The van der Waals surface area contributed by atoms with Crippen molar-refractivity contribution in [3.63, 3.8) is 0 Å². The van der Waals surface area contributed by atoms with E-state index in [-0.39, 0.29) is 17.6 Å². The van der Waals surface area contributed by atoms with Crippen LogP contribution in [0.2, 0.25) is 0 Å². The molecule has 19 heavy (non-hydrogen) atoms. The van der Waals surface area contributed by atoms with E-state index in [1.165, 1.54) is 0 Å². The zero-order valence-corrected chi connectivity index (χ0v) is 11.7. The number of carbonyl (C=O) groups excluding carboxylic acids is 1. The largest absolute Gasteiger partial charge is 0.375 e. The van der Waals surface area contributed by atoms with E-state index in [0.29, 0.717) is 18.1 Å². The van der Waals surface area contributed by atoms with E-state index < -0.39 is 0 Å². The van der Waals surface area contributed by atoms with Gasteiger partial charge in [-0.2, -0.15) is 0 Å². The Balaban J connectivity index is 2.00. The molecule has 2 rings (SSSR count). The molecule has 2 heterocycles. The topological polar surface area (TPSA) is 63.2 Å². The van der Waals surface area contributed by atoms with Crippen molar-refractivity contribution in [3.8, 4) is 0 Å². The quantitative estimate of drug-likeness (QED) is 0.873. The lowest BCUT2D eigenvalue weighted by Crippen LogP contribution is -2.46. The Morgan fingerprint density at radius 2 is 2.26 bits per heavy atom. The summed E-state index contributed by atoms with van der Waals surface area (Å²) in [5.41, 5.74) is 0.271. The number of amides is 1. The zero-order chi connectivity index (χ0) is 13.9. The number of nitrogens with zero attached hydrogens (tertiary/aromatic N) is 1. The number of aromatic nitrogens is 1. The average molecular weight is 263 g/mol. The molecule has 2 N–H and O–H groups in total. The van der Waals surface area contributed by atoms with Crippen LogP contribution in [-0.4, -0.2) is 36.2 Å². The van der Waals surface area contributed by atoms with E-state index in [0.717, 1.165) is 12.8 Å². The molecule has 5 nitrogen and oxygen atoms in total. The molecule has 1 unspecified atom stereocenters. The fraction of sp³-hybridized carbons (Fsp3) is 0.571. The summed E-state index contributed by atoms with van der Waals surface area (Å²) in [4.78, 5) is 16.4. The van der Waals surface area contributed by atoms with Crippen molar-refractivity contribution in [2.75, 3.05) is 19.0 Å². The molecule has 0 aliphatic carbocycles. The molecule has 0 aromatic carbocycles. The Morgan fingerprint density at radius 3 is 2.95 bits per heavy atom. The van der Waals surface area contributed by atoms with Crippen LogP contribution in [0, 0.1) is 0 Å². The van der Waals surface area contributed by atoms with Crippen LogP contribution >= 0.6 is 0 Å². The number of pyridine rings is 1. The number of nitrogens with one attached hydrogen (secondary N) is 2. The summed E-state index contributed by atoms with van der Waals surface area (Å²) < 4.78 is 5.64. The molecule has 1 aromatic heterocycles. The van der Waals surface area contributed by atoms with Gasteiger partial charge in [0.15, 0.2) is 0 Å². The molecule has 1 aliphatic heterocycles. The summed E-state index contributed by atoms with van der Waals surface area (Å²) in [6.45, 7) is 4.78. The van der Waals surface area contributed by atoms with Crippen LogP contribution in [0.3, 0.4) is 0 Å². The van der Waals surface area contributed by atoms with Gasteiger partial charge < -0.3 is 15.4 Å². The molecule has 0 radical (unpaired) electrons. The lowest BCUT2D eigenvalue weighted by molar-refractivity contribution is -0.0615. The van der Waals surface area contributed by atoms with Crippen LogP contribution in [-0.2, 0) is 4.74 Å². The maximum absolute atomic E-state index is 12.1. The van der Waals surface area contributed by atoms with Gasteiger partial charge >= 0.3 is 0 Å². The third-order valence-corrected chi connectivity index (χ3v) is 3.27. The smallest absolute Gasteiger partial charge is 0.270 e. The Labute approximate surface area is 113 Å². The SMILES string of the molecule is CNc1cccc(C(=O)NC2CCOC(C)(C)C2)n1. The first-order valence-electron chi connectivity index (χ1n) is 6.60. The number of hydrogen-bond acceptors (Lipinski definition) is 4. The van der Waals surface area contributed by atoms with Crippen molar-refractivity contribution < 1.29 is 9.53 Å². The first kappa shape index (κ1) is 13.8. The van der Waals surface area contributed by atoms with Crippen molar-refractivity contribution in [2.45, 2.75) is 38.3 Å². The van der Waals surface area contributed by atoms with E-state index in [1.807, 2.05) is 26.0 Å². The highest BCUT2D eigenvalue weighted by molar-refractivity contribution is 5.92. The predicted octanol–water partition coefficient (Wildman–Crippen LogP) is 1.81. The summed E-state index contributed by atoms with van der Waals surface area (Å²) in [6, 6.07) is 5.52.